The topological polar surface area (TPSA) is 44.8 Å². The zero-order valence-corrected chi connectivity index (χ0v) is 17.8. The van der Waals surface area contributed by atoms with E-state index in [2.05, 4.69) is 58.4 Å². The van der Waals surface area contributed by atoms with E-state index in [4.69, 9.17) is 4.74 Å². The van der Waals surface area contributed by atoms with Crippen molar-refractivity contribution in [3.05, 3.63) is 60.2 Å². The van der Waals surface area contributed by atoms with E-state index in [9.17, 15) is 4.79 Å². The number of hydrogen-bond acceptors (Lipinski definition) is 4. The minimum atomic E-state index is -0.110. The van der Waals surface area contributed by atoms with Crippen LogP contribution in [-0.4, -0.2) is 56.7 Å². The molecule has 2 aromatic rings. The lowest BCUT2D eigenvalue weighted by atomic mass is 9.96. The molecule has 5 heteroatoms. The predicted octanol–water partition coefficient (Wildman–Crippen LogP) is 3.52. The van der Waals surface area contributed by atoms with Gasteiger partial charge in [0.1, 0.15) is 5.75 Å². The first-order valence-electron chi connectivity index (χ1n) is 10.6. The quantitative estimate of drug-likeness (QED) is 0.743. The van der Waals surface area contributed by atoms with Crippen LogP contribution in [0.2, 0.25) is 0 Å². The maximum atomic E-state index is 12.7. The molecule has 0 aliphatic carbocycles. The van der Waals surface area contributed by atoms with Gasteiger partial charge < -0.3 is 15.0 Å². The molecule has 156 valence electrons. The Balaban J connectivity index is 1.48. The molecular weight excluding hydrogens is 362 g/mol. The van der Waals surface area contributed by atoms with E-state index >= 15 is 0 Å². The number of methoxy groups -OCH3 is 1. The van der Waals surface area contributed by atoms with Gasteiger partial charge >= 0.3 is 0 Å². The Labute approximate surface area is 174 Å². The monoisotopic (exact) mass is 395 g/mol. The van der Waals surface area contributed by atoms with E-state index in [0.717, 1.165) is 38.3 Å². The number of piperazine rings is 1. The number of rotatable bonds is 8. The van der Waals surface area contributed by atoms with Gasteiger partial charge in [0.25, 0.3) is 0 Å². The summed E-state index contributed by atoms with van der Waals surface area (Å²) >= 11 is 0. The van der Waals surface area contributed by atoms with Crippen LogP contribution >= 0.6 is 0 Å². The van der Waals surface area contributed by atoms with Crippen molar-refractivity contribution in [3.8, 4) is 5.75 Å². The van der Waals surface area contributed by atoms with Crippen molar-refractivity contribution in [1.82, 2.24) is 10.2 Å². The highest BCUT2D eigenvalue weighted by Crippen LogP contribution is 2.21. The van der Waals surface area contributed by atoms with Crippen LogP contribution in [0.25, 0.3) is 0 Å². The number of nitrogens with one attached hydrogen (secondary N) is 1. The first-order chi connectivity index (χ1) is 14.1. The van der Waals surface area contributed by atoms with Crippen molar-refractivity contribution in [2.45, 2.75) is 32.2 Å². The van der Waals surface area contributed by atoms with Gasteiger partial charge in [-0.2, -0.15) is 0 Å². The Morgan fingerprint density at radius 1 is 1.03 bits per heavy atom. The number of nitrogens with zero attached hydrogens (tertiary/aromatic N) is 2. The Morgan fingerprint density at radius 3 is 2.28 bits per heavy atom. The summed E-state index contributed by atoms with van der Waals surface area (Å²) < 4.78 is 5.24. The highest BCUT2D eigenvalue weighted by Gasteiger charge is 2.26. The number of carbonyl (C=O) groups is 1. The Kier molecular flexibility index (Phi) is 7.53. The summed E-state index contributed by atoms with van der Waals surface area (Å²) in [7, 11) is 1.68. The number of ether oxygens (including phenoxy) is 1. The summed E-state index contributed by atoms with van der Waals surface area (Å²) in [5.74, 6) is 1.36. The minimum Gasteiger partial charge on any atom is -0.497 e. The zero-order valence-electron chi connectivity index (χ0n) is 17.8. The molecule has 2 aromatic carbocycles. The van der Waals surface area contributed by atoms with E-state index in [1.807, 2.05) is 25.1 Å². The molecule has 5 nitrogen and oxygen atoms in total. The van der Waals surface area contributed by atoms with E-state index in [0.29, 0.717) is 12.5 Å². The summed E-state index contributed by atoms with van der Waals surface area (Å²) in [4.78, 5) is 17.4. The van der Waals surface area contributed by atoms with Gasteiger partial charge in [-0.15, -0.1) is 0 Å². The van der Waals surface area contributed by atoms with Gasteiger partial charge in [-0.25, -0.2) is 0 Å². The molecule has 1 heterocycles. The second kappa shape index (κ2) is 10.3. The zero-order chi connectivity index (χ0) is 20.6. The number of benzene rings is 2. The van der Waals surface area contributed by atoms with E-state index < -0.39 is 0 Å². The summed E-state index contributed by atoms with van der Waals surface area (Å²) in [6.07, 6.45) is 1.01. The van der Waals surface area contributed by atoms with Crippen LogP contribution < -0.4 is 15.0 Å². The van der Waals surface area contributed by atoms with Gasteiger partial charge in [-0.1, -0.05) is 37.3 Å². The van der Waals surface area contributed by atoms with Gasteiger partial charge in [-0.05, 0) is 43.2 Å². The molecule has 29 heavy (non-hydrogen) atoms. The van der Waals surface area contributed by atoms with Gasteiger partial charge in [0.2, 0.25) is 5.91 Å². The largest absolute Gasteiger partial charge is 0.497 e. The molecule has 2 atom stereocenters. The maximum Gasteiger partial charge on any atom is 0.237 e. The lowest BCUT2D eigenvalue weighted by Gasteiger charge is -2.38. The van der Waals surface area contributed by atoms with Crippen LogP contribution in [0, 0.1) is 0 Å². The average molecular weight is 396 g/mol. The van der Waals surface area contributed by atoms with Crippen LogP contribution in [0.3, 0.4) is 0 Å². The summed E-state index contributed by atoms with van der Waals surface area (Å²) in [6, 6.07) is 18.5. The molecule has 0 aromatic heterocycles. The number of anilines is 1. The van der Waals surface area contributed by atoms with Gasteiger partial charge in [0.15, 0.2) is 0 Å². The molecule has 0 bridgehead atoms. The lowest BCUT2D eigenvalue weighted by Crippen LogP contribution is -2.54. The smallest absolute Gasteiger partial charge is 0.237 e. The minimum absolute atomic E-state index is 0.110. The third-order valence-electron chi connectivity index (χ3n) is 5.97. The van der Waals surface area contributed by atoms with Crippen molar-refractivity contribution in [2.75, 3.05) is 44.7 Å². The van der Waals surface area contributed by atoms with E-state index in [-0.39, 0.29) is 11.9 Å². The lowest BCUT2D eigenvalue weighted by molar-refractivity contribution is -0.126. The van der Waals surface area contributed by atoms with Crippen molar-refractivity contribution in [2.24, 2.45) is 0 Å². The van der Waals surface area contributed by atoms with Gasteiger partial charge in [0, 0.05) is 44.3 Å². The van der Waals surface area contributed by atoms with Crippen LogP contribution in [0.15, 0.2) is 54.6 Å². The Hall–Kier alpha value is -2.53. The summed E-state index contributed by atoms with van der Waals surface area (Å²) in [5, 5.41) is 3.18. The number of hydrogen-bond donors (Lipinski definition) is 1. The highest BCUT2D eigenvalue weighted by molar-refractivity contribution is 5.81. The number of carbonyl (C=O) groups excluding carboxylic acids is 1. The van der Waals surface area contributed by atoms with Crippen LogP contribution in [0.4, 0.5) is 5.69 Å². The molecular formula is C24H33N3O2. The fraction of sp³-hybridized carbons (Fsp3) is 0.458. The van der Waals surface area contributed by atoms with Gasteiger partial charge in [-0.3, -0.25) is 9.69 Å². The van der Waals surface area contributed by atoms with Crippen LogP contribution in [0.5, 0.6) is 5.75 Å². The third kappa shape index (κ3) is 5.51. The SMILES string of the molecule is CC[C@@H](CNC(=O)[C@H](C)N1CCN(c2ccc(OC)cc2)CC1)c1ccccc1. The molecule has 0 spiro atoms. The van der Waals surface area contributed by atoms with E-state index in [1.165, 1.54) is 11.3 Å². The molecule has 3 rings (SSSR count). The first kappa shape index (κ1) is 21.2. The second-order valence-electron chi connectivity index (χ2n) is 7.66. The van der Waals surface area contributed by atoms with Gasteiger partial charge in [0.05, 0.1) is 13.2 Å². The predicted molar refractivity (Wildman–Crippen MR) is 119 cm³/mol. The summed E-state index contributed by atoms with van der Waals surface area (Å²) in [6.45, 7) is 8.49. The Bertz CT molecular complexity index is 755. The normalized spacial score (nSPS) is 16.9. The number of amides is 1. The first-order valence-corrected chi connectivity index (χ1v) is 10.6. The summed E-state index contributed by atoms with van der Waals surface area (Å²) in [5.41, 5.74) is 2.49. The molecule has 0 radical (unpaired) electrons. The standard InChI is InChI=1S/C24H33N3O2/c1-4-20(21-8-6-5-7-9-21)18-25-24(28)19(2)26-14-16-27(17-15-26)22-10-12-23(29-3)13-11-22/h5-13,19-20H,4,14-18H2,1-3H3,(H,25,28)/t19-,20-/m0/s1. The molecule has 0 saturated carbocycles. The third-order valence-corrected chi connectivity index (χ3v) is 5.97. The van der Waals surface area contributed by atoms with Crippen molar-refractivity contribution < 1.29 is 9.53 Å². The molecule has 1 saturated heterocycles. The average Bonchev–Trinajstić information content (AvgIpc) is 2.79. The second-order valence-corrected chi connectivity index (χ2v) is 7.66. The van der Waals surface area contributed by atoms with Crippen molar-refractivity contribution in [1.29, 1.82) is 0 Å². The highest BCUT2D eigenvalue weighted by atomic mass is 16.5. The molecule has 1 aliphatic heterocycles. The molecule has 0 unspecified atom stereocenters. The molecule has 1 aliphatic rings. The Morgan fingerprint density at radius 2 is 1.69 bits per heavy atom. The molecule has 1 fully saturated rings. The van der Waals surface area contributed by atoms with Crippen LogP contribution in [0.1, 0.15) is 31.7 Å². The molecule has 1 amide bonds. The van der Waals surface area contributed by atoms with Crippen molar-refractivity contribution in [3.63, 3.8) is 0 Å². The van der Waals surface area contributed by atoms with Crippen LogP contribution in [-0.2, 0) is 4.79 Å². The maximum absolute atomic E-state index is 12.7. The molecule has 1 N–H and O–H groups in total. The van der Waals surface area contributed by atoms with E-state index in [1.54, 1.807) is 7.11 Å². The fourth-order valence-electron chi connectivity index (χ4n) is 3.92. The fourth-order valence-corrected chi connectivity index (χ4v) is 3.92. The van der Waals surface area contributed by atoms with Crippen molar-refractivity contribution >= 4 is 11.6 Å².